The van der Waals surface area contributed by atoms with E-state index in [9.17, 15) is 13.5 Å². The van der Waals surface area contributed by atoms with Gasteiger partial charge in [-0.25, -0.2) is 12.7 Å². The van der Waals surface area contributed by atoms with Crippen LogP contribution in [0.15, 0.2) is 27.6 Å². The minimum Gasteiger partial charge on any atom is -0.399 e. The first-order valence-electron chi connectivity index (χ1n) is 6.00. The molecular formula is C12H17BrN2O3S. The molecule has 0 bridgehead atoms. The van der Waals surface area contributed by atoms with Crippen molar-refractivity contribution in [2.75, 3.05) is 19.3 Å². The highest BCUT2D eigenvalue weighted by Crippen LogP contribution is 2.31. The van der Waals surface area contributed by atoms with Crippen LogP contribution in [0, 0.1) is 5.92 Å². The van der Waals surface area contributed by atoms with Crippen molar-refractivity contribution in [1.29, 1.82) is 0 Å². The molecule has 19 heavy (non-hydrogen) atoms. The molecule has 1 aliphatic rings. The zero-order valence-corrected chi connectivity index (χ0v) is 13.0. The van der Waals surface area contributed by atoms with Gasteiger partial charge in [0.15, 0.2) is 0 Å². The van der Waals surface area contributed by atoms with Crippen molar-refractivity contribution in [3.8, 4) is 0 Å². The zero-order chi connectivity index (χ0) is 14.2. The molecule has 0 heterocycles. The molecule has 0 radical (unpaired) electrons. The smallest absolute Gasteiger partial charge is 0.244 e. The third-order valence-corrected chi connectivity index (χ3v) is 6.19. The number of hydrogen-bond acceptors (Lipinski definition) is 4. The SMILES string of the molecule is CN(CC1CC(O)C1)S(=O)(=O)c1cc(N)ccc1Br. The summed E-state index contributed by atoms with van der Waals surface area (Å²) < 4.78 is 26.7. The van der Waals surface area contributed by atoms with E-state index >= 15 is 0 Å². The van der Waals surface area contributed by atoms with E-state index in [1.807, 2.05) is 0 Å². The molecule has 1 aromatic carbocycles. The Labute approximate surface area is 121 Å². The van der Waals surface area contributed by atoms with Gasteiger partial charge in [0, 0.05) is 23.8 Å². The highest BCUT2D eigenvalue weighted by Gasteiger charge is 2.32. The Morgan fingerprint density at radius 1 is 1.47 bits per heavy atom. The summed E-state index contributed by atoms with van der Waals surface area (Å²) in [6, 6.07) is 4.72. The number of nitrogens with zero attached hydrogens (tertiary/aromatic N) is 1. The standard InChI is InChI=1S/C12H17BrN2O3S/c1-15(7-8-4-10(16)5-8)19(17,18)12-6-9(14)2-3-11(12)13/h2-3,6,8,10,16H,4-5,7,14H2,1H3. The van der Waals surface area contributed by atoms with E-state index in [1.54, 1.807) is 19.2 Å². The second-order valence-electron chi connectivity index (χ2n) is 4.97. The first-order valence-corrected chi connectivity index (χ1v) is 8.23. The summed E-state index contributed by atoms with van der Waals surface area (Å²) in [6.07, 6.45) is 1.05. The van der Waals surface area contributed by atoms with Gasteiger partial charge in [0.05, 0.1) is 11.0 Å². The molecule has 1 aromatic rings. The quantitative estimate of drug-likeness (QED) is 0.806. The molecule has 3 N–H and O–H groups in total. The number of rotatable bonds is 4. The van der Waals surface area contributed by atoms with Crippen molar-refractivity contribution in [2.45, 2.75) is 23.8 Å². The van der Waals surface area contributed by atoms with E-state index in [0.717, 1.165) is 0 Å². The monoisotopic (exact) mass is 348 g/mol. The first kappa shape index (κ1) is 14.8. The van der Waals surface area contributed by atoms with Crippen molar-refractivity contribution < 1.29 is 13.5 Å². The summed E-state index contributed by atoms with van der Waals surface area (Å²) in [5.74, 6) is 0.231. The molecule has 0 aromatic heterocycles. The Morgan fingerprint density at radius 3 is 2.68 bits per heavy atom. The van der Waals surface area contributed by atoms with E-state index in [2.05, 4.69) is 15.9 Å². The number of halogens is 1. The van der Waals surface area contributed by atoms with Crippen molar-refractivity contribution in [3.63, 3.8) is 0 Å². The average molecular weight is 349 g/mol. The molecule has 7 heteroatoms. The Morgan fingerprint density at radius 2 is 2.11 bits per heavy atom. The van der Waals surface area contributed by atoms with Gasteiger partial charge >= 0.3 is 0 Å². The number of aliphatic hydroxyl groups is 1. The fourth-order valence-corrected chi connectivity index (χ4v) is 4.40. The number of aliphatic hydroxyl groups excluding tert-OH is 1. The largest absolute Gasteiger partial charge is 0.399 e. The molecule has 1 saturated carbocycles. The minimum absolute atomic E-state index is 0.176. The normalized spacial score (nSPS) is 23.4. The molecule has 1 aliphatic carbocycles. The van der Waals surface area contributed by atoms with Crippen LogP contribution < -0.4 is 5.73 Å². The minimum atomic E-state index is -3.56. The summed E-state index contributed by atoms with van der Waals surface area (Å²) in [5.41, 5.74) is 6.06. The highest BCUT2D eigenvalue weighted by atomic mass is 79.9. The van der Waals surface area contributed by atoms with Gasteiger partial charge in [0.25, 0.3) is 0 Å². The number of hydrogen-bond donors (Lipinski definition) is 2. The van der Waals surface area contributed by atoms with Crippen LogP contribution in [-0.4, -0.2) is 37.5 Å². The molecule has 0 amide bonds. The van der Waals surface area contributed by atoms with E-state index in [0.29, 0.717) is 29.5 Å². The lowest BCUT2D eigenvalue weighted by Crippen LogP contribution is -2.39. The Hall–Kier alpha value is -0.630. The Kier molecular flexibility index (Phi) is 4.20. The summed E-state index contributed by atoms with van der Waals surface area (Å²) in [4.78, 5) is 0.176. The molecule has 2 rings (SSSR count). The molecule has 5 nitrogen and oxygen atoms in total. The average Bonchev–Trinajstić information content (AvgIpc) is 2.30. The first-order chi connectivity index (χ1) is 8.80. The number of benzene rings is 1. The van der Waals surface area contributed by atoms with Crippen LogP contribution in [0.25, 0.3) is 0 Å². The van der Waals surface area contributed by atoms with Crippen LogP contribution in [0.4, 0.5) is 5.69 Å². The van der Waals surface area contributed by atoms with Crippen LogP contribution in [-0.2, 0) is 10.0 Å². The van der Waals surface area contributed by atoms with Gasteiger partial charge in [-0.3, -0.25) is 0 Å². The van der Waals surface area contributed by atoms with Gasteiger partial charge < -0.3 is 10.8 Å². The number of anilines is 1. The highest BCUT2D eigenvalue weighted by molar-refractivity contribution is 9.10. The Bertz CT molecular complexity index is 570. The zero-order valence-electron chi connectivity index (χ0n) is 10.6. The number of nitrogens with two attached hydrogens (primary N) is 1. The fourth-order valence-electron chi connectivity index (χ4n) is 2.20. The van der Waals surface area contributed by atoms with Gasteiger partial charge in [-0.1, -0.05) is 0 Å². The predicted molar refractivity (Wildman–Crippen MR) is 77.1 cm³/mol. The van der Waals surface area contributed by atoms with Crippen molar-refractivity contribution >= 4 is 31.6 Å². The Balaban J connectivity index is 2.19. The maximum absolute atomic E-state index is 12.4. The lowest BCUT2D eigenvalue weighted by atomic mass is 9.82. The lowest BCUT2D eigenvalue weighted by Gasteiger charge is -2.34. The van der Waals surface area contributed by atoms with Gasteiger partial charge in [-0.2, -0.15) is 0 Å². The van der Waals surface area contributed by atoms with Crippen molar-refractivity contribution in [3.05, 3.63) is 22.7 Å². The summed E-state index contributed by atoms with van der Waals surface area (Å²) in [6.45, 7) is 0.417. The van der Waals surface area contributed by atoms with Gasteiger partial charge in [-0.05, 0) is 52.9 Å². The van der Waals surface area contributed by atoms with Crippen LogP contribution in [0.3, 0.4) is 0 Å². The molecule has 0 spiro atoms. The third-order valence-electron chi connectivity index (χ3n) is 3.37. The van der Waals surface area contributed by atoms with Crippen LogP contribution >= 0.6 is 15.9 Å². The van der Waals surface area contributed by atoms with Gasteiger partial charge in [0.1, 0.15) is 0 Å². The third kappa shape index (κ3) is 3.10. The predicted octanol–water partition coefficient (Wildman–Crippen LogP) is 1.42. The summed E-state index contributed by atoms with van der Waals surface area (Å²) >= 11 is 3.24. The van der Waals surface area contributed by atoms with Gasteiger partial charge in [0.2, 0.25) is 10.0 Å². The van der Waals surface area contributed by atoms with Gasteiger partial charge in [-0.15, -0.1) is 0 Å². The summed E-state index contributed by atoms with van der Waals surface area (Å²) in [5, 5.41) is 9.24. The molecule has 0 atom stereocenters. The molecule has 0 saturated heterocycles. The molecule has 0 aliphatic heterocycles. The molecule has 0 unspecified atom stereocenters. The second-order valence-corrected chi connectivity index (χ2v) is 7.83. The lowest BCUT2D eigenvalue weighted by molar-refractivity contribution is 0.0367. The van der Waals surface area contributed by atoms with E-state index in [-0.39, 0.29) is 16.9 Å². The maximum Gasteiger partial charge on any atom is 0.244 e. The summed E-state index contributed by atoms with van der Waals surface area (Å²) in [7, 11) is -2.00. The van der Waals surface area contributed by atoms with Crippen LogP contribution in [0.5, 0.6) is 0 Å². The van der Waals surface area contributed by atoms with Crippen LogP contribution in [0.2, 0.25) is 0 Å². The van der Waals surface area contributed by atoms with Crippen molar-refractivity contribution in [2.24, 2.45) is 5.92 Å². The van der Waals surface area contributed by atoms with E-state index in [1.165, 1.54) is 10.4 Å². The topological polar surface area (TPSA) is 83.6 Å². The fraction of sp³-hybridized carbons (Fsp3) is 0.500. The number of sulfonamides is 1. The van der Waals surface area contributed by atoms with E-state index < -0.39 is 10.0 Å². The molecule has 1 fully saturated rings. The van der Waals surface area contributed by atoms with E-state index in [4.69, 9.17) is 5.73 Å². The maximum atomic E-state index is 12.4. The molecular weight excluding hydrogens is 332 g/mol. The number of nitrogen functional groups attached to an aromatic ring is 1. The van der Waals surface area contributed by atoms with Crippen LogP contribution in [0.1, 0.15) is 12.8 Å². The second kappa shape index (κ2) is 5.40. The van der Waals surface area contributed by atoms with Crippen molar-refractivity contribution in [1.82, 2.24) is 4.31 Å². The molecule has 106 valence electrons.